The zero-order valence-electron chi connectivity index (χ0n) is 9.17. The maximum absolute atomic E-state index is 5.09. The standard InChI is InChI=1S/C11H10N4OS/c1-7-9-10(12-5-8-3-2-4-17-8)13-6-14-11(9)16-15-7/h2-4,6H,5H2,1H3,(H,12,13,14). The molecule has 3 heterocycles. The molecule has 0 aliphatic carbocycles. The van der Waals surface area contributed by atoms with Gasteiger partial charge in [0, 0.05) is 4.88 Å². The van der Waals surface area contributed by atoms with Gasteiger partial charge in [0.05, 0.1) is 12.2 Å². The summed E-state index contributed by atoms with van der Waals surface area (Å²) in [4.78, 5) is 9.51. The average molecular weight is 246 g/mol. The normalized spacial score (nSPS) is 10.9. The monoisotopic (exact) mass is 246 g/mol. The number of anilines is 1. The largest absolute Gasteiger partial charge is 0.364 e. The van der Waals surface area contributed by atoms with Gasteiger partial charge in [-0.1, -0.05) is 11.2 Å². The molecular weight excluding hydrogens is 236 g/mol. The Morgan fingerprint density at radius 1 is 1.41 bits per heavy atom. The second-order valence-electron chi connectivity index (χ2n) is 3.60. The molecule has 0 aliphatic rings. The van der Waals surface area contributed by atoms with Gasteiger partial charge in [0.15, 0.2) is 0 Å². The molecule has 3 aromatic rings. The summed E-state index contributed by atoms with van der Waals surface area (Å²) in [6, 6.07) is 4.11. The van der Waals surface area contributed by atoms with E-state index in [4.69, 9.17) is 4.52 Å². The molecule has 3 rings (SSSR count). The van der Waals surface area contributed by atoms with Gasteiger partial charge in [-0.05, 0) is 18.4 Å². The molecule has 0 unspecified atom stereocenters. The molecule has 0 bridgehead atoms. The first-order chi connectivity index (χ1) is 8.34. The van der Waals surface area contributed by atoms with Crippen molar-refractivity contribution in [2.45, 2.75) is 13.5 Å². The minimum Gasteiger partial charge on any atom is -0.364 e. The lowest BCUT2D eigenvalue weighted by Crippen LogP contribution is -2.00. The smallest absolute Gasteiger partial charge is 0.263 e. The lowest BCUT2D eigenvalue weighted by Gasteiger charge is -2.03. The molecule has 5 nitrogen and oxygen atoms in total. The van der Waals surface area contributed by atoms with E-state index in [1.165, 1.54) is 11.2 Å². The summed E-state index contributed by atoms with van der Waals surface area (Å²) in [6.45, 7) is 2.62. The van der Waals surface area contributed by atoms with Gasteiger partial charge in [-0.2, -0.15) is 4.98 Å². The van der Waals surface area contributed by atoms with Gasteiger partial charge < -0.3 is 9.84 Å². The van der Waals surface area contributed by atoms with E-state index in [0.29, 0.717) is 5.71 Å². The molecule has 0 saturated heterocycles. The van der Waals surface area contributed by atoms with Crippen LogP contribution in [0, 0.1) is 6.92 Å². The van der Waals surface area contributed by atoms with Crippen molar-refractivity contribution in [3.05, 3.63) is 34.4 Å². The van der Waals surface area contributed by atoms with Crippen molar-refractivity contribution < 1.29 is 4.52 Å². The molecule has 17 heavy (non-hydrogen) atoms. The Hall–Kier alpha value is -1.95. The molecule has 0 fully saturated rings. The number of nitrogens with one attached hydrogen (secondary N) is 1. The predicted octanol–water partition coefficient (Wildman–Crippen LogP) is 2.60. The highest BCUT2D eigenvalue weighted by Crippen LogP contribution is 2.23. The van der Waals surface area contributed by atoms with Crippen LogP contribution in [-0.4, -0.2) is 15.1 Å². The minimum absolute atomic E-state index is 0.520. The molecule has 86 valence electrons. The lowest BCUT2D eigenvalue weighted by atomic mass is 10.3. The van der Waals surface area contributed by atoms with E-state index in [0.717, 1.165) is 23.4 Å². The van der Waals surface area contributed by atoms with E-state index in [2.05, 4.69) is 31.9 Å². The third-order valence-corrected chi connectivity index (χ3v) is 3.33. The predicted molar refractivity (Wildman–Crippen MR) is 66.0 cm³/mol. The van der Waals surface area contributed by atoms with E-state index in [9.17, 15) is 0 Å². The van der Waals surface area contributed by atoms with Crippen LogP contribution in [0.15, 0.2) is 28.4 Å². The van der Waals surface area contributed by atoms with Crippen molar-refractivity contribution in [3.63, 3.8) is 0 Å². The van der Waals surface area contributed by atoms with Crippen molar-refractivity contribution in [2.75, 3.05) is 5.32 Å². The van der Waals surface area contributed by atoms with Crippen LogP contribution in [-0.2, 0) is 6.54 Å². The molecule has 0 aromatic carbocycles. The fourth-order valence-electron chi connectivity index (χ4n) is 1.64. The number of aryl methyl sites for hydroxylation is 1. The summed E-state index contributed by atoms with van der Waals surface area (Å²) in [5.74, 6) is 0.766. The van der Waals surface area contributed by atoms with E-state index in [1.54, 1.807) is 11.3 Å². The highest BCUT2D eigenvalue weighted by molar-refractivity contribution is 7.09. The van der Waals surface area contributed by atoms with Crippen LogP contribution in [0.4, 0.5) is 5.82 Å². The zero-order chi connectivity index (χ0) is 11.7. The fraction of sp³-hybridized carbons (Fsp3) is 0.182. The molecule has 3 aromatic heterocycles. The van der Waals surface area contributed by atoms with Crippen molar-refractivity contribution in [3.8, 4) is 0 Å². The van der Waals surface area contributed by atoms with Crippen LogP contribution in [0.5, 0.6) is 0 Å². The number of aromatic nitrogens is 3. The topological polar surface area (TPSA) is 63.8 Å². The quantitative estimate of drug-likeness (QED) is 0.769. The highest BCUT2D eigenvalue weighted by Gasteiger charge is 2.11. The first-order valence-corrected chi connectivity index (χ1v) is 6.06. The van der Waals surface area contributed by atoms with Gasteiger partial charge in [-0.3, -0.25) is 0 Å². The second-order valence-corrected chi connectivity index (χ2v) is 4.64. The lowest BCUT2D eigenvalue weighted by molar-refractivity contribution is 0.442. The van der Waals surface area contributed by atoms with Gasteiger partial charge in [0.25, 0.3) is 5.71 Å². The number of hydrogen-bond acceptors (Lipinski definition) is 6. The van der Waals surface area contributed by atoms with Gasteiger partial charge in [-0.15, -0.1) is 11.3 Å². The minimum atomic E-state index is 0.520. The Kier molecular flexibility index (Phi) is 2.49. The fourth-order valence-corrected chi connectivity index (χ4v) is 2.28. The van der Waals surface area contributed by atoms with Crippen LogP contribution in [0.1, 0.15) is 10.6 Å². The van der Waals surface area contributed by atoms with Gasteiger partial charge in [-0.25, -0.2) is 4.98 Å². The average Bonchev–Trinajstić information content (AvgIpc) is 2.97. The number of hydrogen-bond donors (Lipinski definition) is 1. The van der Waals surface area contributed by atoms with Gasteiger partial charge in [0.1, 0.15) is 17.5 Å². The van der Waals surface area contributed by atoms with Crippen LogP contribution in [0.3, 0.4) is 0 Å². The van der Waals surface area contributed by atoms with Crippen molar-refractivity contribution in [1.82, 2.24) is 15.1 Å². The Labute approximate surface area is 101 Å². The van der Waals surface area contributed by atoms with Gasteiger partial charge in [0.2, 0.25) is 0 Å². The number of fused-ring (bicyclic) bond motifs is 1. The molecule has 0 amide bonds. The van der Waals surface area contributed by atoms with Gasteiger partial charge >= 0.3 is 0 Å². The second kappa shape index (κ2) is 4.14. The molecule has 0 radical (unpaired) electrons. The maximum atomic E-state index is 5.09. The summed E-state index contributed by atoms with van der Waals surface area (Å²) in [7, 11) is 0. The zero-order valence-corrected chi connectivity index (χ0v) is 9.99. The third kappa shape index (κ3) is 1.87. The molecule has 6 heteroatoms. The summed E-state index contributed by atoms with van der Waals surface area (Å²) in [5.41, 5.74) is 1.32. The van der Waals surface area contributed by atoms with Crippen molar-refractivity contribution in [2.24, 2.45) is 0 Å². The highest BCUT2D eigenvalue weighted by atomic mass is 32.1. The molecule has 0 saturated carbocycles. The summed E-state index contributed by atoms with van der Waals surface area (Å²) >= 11 is 1.71. The number of rotatable bonds is 3. The SMILES string of the molecule is Cc1noc2ncnc(NCc3cccs3)c12. The van der Waals surface area contributed by atoms with E-state index >= 15 is 0 Å². The summed E-state index contributed by atoms with van der Waals surface area (Å²) < 4.78 is 5.09. The van der Waals surface area contributed by atoms with Crippen molar-refractivity contribution >= 4 is 28.3 Å². The Morgan fingerprint density at radius 3 is 3.18 bits per heavy atom. The Morgan fingerprint density at radius 2 is 2.35 bits per heavy atom. The van der Waals surface area contributed by atoms with Crippen molar-refractivity contribution in [1.29, 1.82) is 0 Å². The van der Waals surface area contributed by atoms with E-state index in [-0.39, 0.29) is 0 Å². The summed E-state index contributed by atoms with van der Waals surface area (Å²) in [5, 5.41) is 10.1. The van der Waals surface area contributed by atoms with Crippen LogP contribution in [0.2, 0.25) is 0 Å². The molecule has 0 atom stereocenters. The Bertz CT molecular complexity index is 632. The molecule has 0 aliphatic heterocycles. The molecule has 1 N–H and O–H groups in total. The number of nitrogens with zero attached hydrogens (tertiary/aromatic N) is 3. The van der Waals surface area contributed by atoms with Crippen LogP contribution >= 0.6 is 11.3 Å². The first kappa shape index (κ1) is 10.2. The maximum Gasteiger partial charge on any atom is 0.263 e. The summed E-state index contributed by atoms with van der Waals surface area (Å²) in [6.07, 6.45) is 1.48. The van der Waals surface area contributed by atoms with E-state index < -0.39 is 0 Å². The number of thiophene rings is 1. The van der Waals surface area contributed by atoms with Crippen LogP contribution < -0.4 is 5.32 Å². The van der Waals surface area contributed by atoms with Crippen LogP contribution in [0.25, 0.3) is 11.1 Å². The molecular formula is C11H10N4OS. The third-order valence-electron chi connectivity index (χ3n) is 2.45. The molecule has 0 spiro atoms. The first-order valence-electron chi connectivity index (χ1n) is 5.18. The Balaban J connectivity index is 1.92. The van der Waals surface area contributed by atoms with E-state index in [1.807, 2.05) is 13.0 Å².